The number of benzene rings is 1. The van der Waals surface area contributed by atoms with Gasteiger partial charge in [-0.05, 0) is 5.56 Å². The second-order valence-electron chi connectivity index (χ2n) is 2.69. The summed E-state index contributed by atoms with van der Waals surface area (Å²) in [5.41, 5.74) is 0.644. The van der Waals surface area contributed by atoms with E-state index in [0.717, 1.165) is 6.08 Å². The highest BCUT2D eigenvalue weighted by molar-refractivity contribution is 5.81. The number of carbonyl (C=O) groups excluding carboxylic acids is 1. The molecule has 0 aliphatic rings. The Bertz CT molecular complexity index is 308. The van der Waals surface area contributed by atoms with E-state index in [9.17, 15) is 9.18 Å². The van der Waals surface area contributed by atoms with Crippen molar-refractivity contribution in [2.45, 2.75) is 6.10 Å². The summed E-state index contributed by atoms with van der Waals surface area (Å²) in [5, 5.41) is 0. The molecule has 0 aliphatic heterocycles. The first-order chi connectivity index (χ1) is 6.77. The maximum absolute atomic E-state index is 12.5. The first-order valence-corrected chi connectivity index (χ1v) is 4.22. The van der Waals surface area contributed by atoms with Gasteiger partial charge in [0.15, 0.2) is 6.10 Å². The fraction of sp³-hybridized carbons (Fsp3) is 0.182. The van der Waals surface area contributed by atoms with Crippen molar-refractivity contribution in [3.63, 3.8) is 0 Å². The Morgan fingerprint density at radius 1 is 1.50 bits per heavy atom. The molecular formula is C11H11FO2. The molecule has 2 nitrogen and oxygen atoms in total. The number of ether oxygens (including phenoxy) is 1. The lowest BCUT2D eigenvalue weighted by molar-refractivity contribution is -0.144. The number of halogens is 1. The van der Waals surface area contributed by atoms with Gasteiger partial charge in [-0.15, -0.1) is 0 Å². The SMILES string of the molecule is C=CC(=O)OC(CF)c1ccccc1. The predicted octanol–water partition coefficient (Wildman–Crippen LogP) is 2.43. The van der Waals surface area contributed by atoms with Gasteiger partial charge < -0.3 is 4.74 Å². The summed E-state index contributed by atoms with van der Waals surface area (Å²) >= 11 is 0. The standard InChI is InChI=1S/C11H11FO2/c1-2-11(13)14-10(8-12)9-6-4-3-5-7-9/h2-7,10H,1,8H2. The molecule has 0 amide bonds. The van der Waals surface area contributed by atoms with Gasteiger partial charge in [-0.3, -0.25) is 0 Å². The molecule has 0 bridgehead atoms. The molecule has 0 aliphatic carbocycles. The van der Waals surface area contributed by atoms with Crippen LogP contribution in [0.5, 0.6) is 0 Å². The lowest BCUT2D eigenvalue weighted by atomic mass is 10.1. The minimum Gasteiger partial charge on any atom is -0.452 e. The van der Waals surface area contributed by atoms with E-state index >= 15 is 0 Å². The fourth-order valence-electron chi connectivity index (χ4n) is 1.04. The maximum atomic E-state index is 12.5. The number of carbonyl (C=O) groups is 1. The Morgan fingerprint density at radius 3 is 2.64 bits per heavy atom. The van der Waals surface area contributed by atoms with Crippen LogP contribution in [-0.4, -0.2) is 12.6 Å². The van der Waals surface area contributed by atoms with Gasteiger partial charge in [0.25, 0.3) is 0 Å². The largest absolute Gasteiger partial charge is 0.452 e. The smallest absolute Gasteiger partial charge is 0.330 e. The minimum atomic E-state index is -0.832. The number of rotatable bonds is 4. The number of esters is 1. The van der Waals surface area contributed by atoms with Crippen molar-refractivity contribution in [2.75, 3.05) is 6.67 Å². The van der Waals surface area contributed by atoms with Crippen LogP contribution >= 0.6 is 0 Å². The zero-order valence-corrected chi connectivity index (χ0v) is 7.65. The Morgan fingerprint density at radius 2 is 2.14 bits per heavy atom. The van der Waals surface area contributed by atoms with E-state index in [1.807, 2.05) is 6.07 Å². The summed E-state index contributed by atoms with van der Waals surface area (Å²) < 4.78 is 17.3. The number of hydrogen-bond donors (Lipinski definition) is 0. The van der Waals surface area contributed by atoms with Crippen molar-refractivity contribution < 1.29 is 13.9 Å². The Hall–Kier alpha value is -1.64. The van der Waals surface area contributed by atoms with Gasteiger partial charge in [0.05, 0.1) is 0 Å². The average molecular weight is 194 g/mol. The molecule has 1 rings (SSSR count). The van der Waals surface area contributed by atoms with Gasteiger partial charge in [0.2, 0.25) is 0 Å². The first-order valence-electron chi connectivity index (χ1n) is 4.22. The molecule has 0 heterocycles. The normalized spacial score (nSPS) is 11.8. The van der Waals surface area contributed by atoms with Crippen molar-refractivity contribution in [3.8, 4) is 0 Å². The van der Waals surface area contributed by atoms with Crippen LogP contribution in [0.4, 0.5) is 4.39 Å². The molecule has 1 aromatic rings. The van der Waals surface area contributed by atoms with Gasteiger partial charge in [-0.25, -0.2) is 9.18 Å². The van der Waals surface area contributed by atoms with Crippen LogP contribution < -0.4 is 0 Å². The van der Waals surface area contributed by atoms with E-state index in [-0.39, 0.29) is 0 Å². The van der Waals surface area contributed by atoms with E-state index in [2.05, 4.69) is 6.58 Å². The minimum absolute atomic E-state index is 0.614. The van der Waals surface area contributed by atoms with E-state index in [1.54, 1.807) is 24.3 Å². The van der Waals surface area contributed by atoms with Crippen molar-refractivity contribution in [3.05, 3.63) is 48.6 Å². The molecule has 0 aromatic heterocycles. The zero-order chi connectivity index (χ0) is 10.4. The summed E-state index contributed by atoms with van der Waals surface area (Å²) in [5.74, 6) is -0.614. The van der Waals surface area contributed by atoms with Gasteiger partial charge >= 0.3 is 5.97 Å². The third-order valence-electron chi connectivity index (χ3n) is 1.74. The molecule has 1 aromatic carbocycles. The van der Waals surface area contributed by atoms with Crippen LogP contribution in [0, 0.1) is 0 Å². The molecule has 14 heavy (non-hydrogen) atoms. The van der Waals surface area contributed by atoms with E-state index in [0.29, 0.717) is 5.56 Å². The second kappa shape index (κ2) is 5.17. The third-order valence-corrected chi connectivity index (χ3v) is 1.74. The third kappa shape index (κ3) is 2.69. The Kier molecular flexibility index (Phi) is 3.85. The monoisotopic (exact) mass is 194 g/mol. The van der Waals surface area contributed by atoms with Crippen LogP contribution in [0.25, 0.3) is 0 Å². The zero-order valence-electron chi connectivity index (χ0n) is 7.65. The molecule has 1 atom stereocenters. The van der Waals surface area contributed by atoms with Gasteiger partial charge in [-0.2, -0.15) is 0 Å². The van der Waals surface area contributed by atoms with Crippen molar-refractivity contribution in [1.29, 1.82) is 0 Å². The predicted molar refractivity (Wildman–Crippen MR) is 51.4 cm³/mol. The van der Waals surface area contributed by atoms with Gasteiger partial charge in [0, 0.05) is 6.08 Å². The topological polar surface area (TPSA) is 26.3 Å². The summed E-state index contributed by atoms with van der Waals surface area (Å²) in [6, 6.07) is 8.76. The molecule has 0 saturated carbocycles. The Labute approximate surface area is 82.0 Å². The molecule has 0 saturated heterocycles. The van der Waals surface area contributed by atoms with E-state index in [1.165, 1.54) is 0 Å². The average Bonchev–Trinajstić information content (AvgIpc) is 2.26. The first kappa shape index (κ1) is 10.4. The summed E-state index contributed by atoms with van der Waals surface area (Å²) in [6.45, 7) is 2.51. The molecule has 0 spiro atoms. The quantitative estimate of drug-likeness (QED) is 0.543. The number of alkyl halides is 1. The Balaban J connectivity index is 2.72. The van der Waals surface area contributed by atoms with Gasteiger partial charge in [-0.1, -0.05) is 36.9 Å². The number of hydrogen-bond acceptors (Lipinski definition) is 2. The van der Waals surface area contributed by atoms with Gasteiger partial charge in [0.1, 0.15) is 6.67 Å². The van der Waals surface area contributed by atoms with E-state index < -0.39 is 18.7 Å². The van der Waals surface area contributed by atoms with Crippen LogP contribution in [-0.2, 0) is 9.53 Å². The van der Waals surface area contributed by atoms with Crippen LogP contribution in [0.15, 0.2) is 43.0 Å². The van der Waals surface area contributed by atoms with Crippen molar-refractivity contribution in [2.24, 2.45) is 0 Å². The molecule has 0 N–H and O–H groups in total. The second-order valence-corrected chi connectivity index (χ2v) is 2.69. The van der Waals surface area contributed by atoms with Crippen LogP contribution in [0.1, 0.15) is 11.7 Å². The summed E-state index contributed by atoms with van der Waals surface area (Å²) in [4.78, 5) is 10.8. The summed E-state index contributed by atoms with van der Waals surface area (Å²) in [7, 11) is 0. The molecule has 74 valence electrons. The highest BCUT2D eigenvalue weighted by Crippen LogP contribution is 2.17. The summed E-state index contributed by atoms with van der Waals surface area (Å²) in [6.07, 6.45) is 0.188. The lowest BCUT2D eigenvalue weighted by Crippen LogP contribution is -2.10. The molecular weight excluding hydrogens is 183 g/mol. The molecule has 0 radical (unpaired) electrons. The molecule has 0 fully saturated rings. The molecule has 1 unspecified atom stereocenters. The highest BCUT2D eigenvalue weighted by Gasteiger charge is 2.13. The van der Waals surface area contributed by atoms with Crippen molar-refractivity contribution >= 4 is 5.97 Å². The lowest BCUT2D eigenvalue weighted by Gasteiger charge is -2.13. The van der Waals surface area contributed by atoms with Crippen molar-refractivity contribution in [1.82, 2.24) is 0 Å². The fourth-order valence-corrected chi connectivity index (χ4v) is 1.04. The molecule has 3 heteroatoms. The van der Waals surface area contributed by atoms with Crippen LogP contribution in [0.3, 0.4) is 0 Å². The maximum Gasteiger partial charge on any atom is 0.330 e. The van der Waals surface area contributed by atoms with E-state index in [4.69, 9.17) is 4.74 Å². The van der Waals surface area contributed by atoms with Crippen LogP contribution in [0.2, 0.25) is 0 Å². The highest BCUT2D eigenvalue weighted by atomic mass is 19.1.